The maximum absolute atomic E-state index is 12.6. The molecule has 1 atom stereocenters. The average molecular weight is 408 g/mol. The Balaban J connectivity index is 0.00000210. The van der Waals surface area contributed by atoms with Crippen molar-refractivity contribution in [3.8, 4) is 0 Å². The van der Waals surface area contributed by atoms with Crippen LogP contribution in [0.1, 0.15) is 56.4 Å². The van der Waals surface area contributed by atoms with Gasteiger partial charge in [0.25, 0.3) is 0 Å². The molecule has 1 aromatic heterocycles. The lowest BCUT2D eigenvalue weighted by atomic mass is 9.69. The number of benzene rings is 1. The zero-order valence-corrected chi connectivity index (χ0v) is 17.4. The zero-order chi connectivity index (χ0) is 18.0. The van der Waals surface area contributed by atoms with Gasteiger partial charge in [-0.25, -0.2) is 4.98 Å². The fourth-order valence-corrected chi connectivity index (χ4v) is 5.50. The number of thiazole rings is 1. The Kier molecular flexibility index (Phi) is 6.77. The molecule has 148 valence electrons. The summed E-state index contributed by atoms with van der Waals surface area (Å²) in [5, 5.41) is 4.28. The zero-order valence-electron chi connectivity index (χ0n) is 15.8. The van der Waals surface area contributed by atoms with Gasteiger partial charge in [-0.05, 0) is 49.1 Å². The van der Waals surface area contributed by atoms with Crippen LogP contribution in [-0.4, -0.2) is 23.5 Å². The molecule has 1 unspecified atom stereocenters. The van der Waals surface area contributed by atoms with Crippen molar-refractivity contribution in [1.82, 2.24) is 10.3 Å². The first-order valence-corrected chi connectivity index (χ1v) is 10.8. The van der Waals surface area contributed by atoms with E-state index in [1.165, 1.54) is 41.8 Å². The van der Waals surface area contributed by atoms with Crippen LogP contribution < -0.4 is 11.1 Å². The van der Waals surface area contributed by atoms with Gasteiger partial charge in [0.15, 0.2) is 0 Å². The van der Waals surface area contributed by atoms with E-state index in [1.807, 2.05) is 6.07 Å². The molecule has 2 aliphatic rings. The summed E-state index contributed by atoms with van der Waals surface area (Å²) in [6.07, 6.45) is 9.97. The van der Waals surface area contributed by atoms with Gasteiger partial charge in [-0.2, -0.15) is 0 Å². The first-order chi connectivity index (χ1) is 12.6. The molecule has 3 N–H and O–H groups in total. The second-order valence-corrected chi connectivity index (χ2v) is 9.41. The van der Waals surface area contributed by atoms with Crippen molar-refractivity contribution in [3.63, 3.8) is 0 Å². The average Bonchev–Trinajstić information content (AvgIpc) is 3.40. The largest absolute Gasteiger partial charge is 0.355 e. The summed E-state index contributed by atoms with van der Waals surface area (Å²) in [5.41, 5.74) is 7.29. The maximum atomic E-state index is 12.6. The van der Waals surface area contributed by atoms with Gasteiger partial charge in [-0.15, -0.1) is 23.7 Å². The van der Waals surface area contributed by atoms with Crippen LogP contribution in [0.25, 0.3) is 10.2 Å². The Hall–Kier alpha value is -1.17. The van der Waals surface area contributed by atoms with Gasteiger partial charge in [0.2, 0.25) is 5.91 Å². The quantitative estimate of drug-likeness (QED) is 0.712. The summed E-state index contributed by atoms with van der Waals surface area (Å²) in [7, 11) is 0. The Bertz CT molecular complexity index is 735. The van der Waals surface area contributed by atoms with E-state index in [-0.39, 0.29) is 29.8 Å². The number of nitrogens with one attached hydrogen (secondary N) is 1. The molecule has 0 bridgehead atoms. The lowest BCUT2D eigenvalue weighted by Gasteiger charge is -2.36. The van der Waals surface area contributed by atoms with E-state index >= 15 is 0 Å². The van der Waals surface area contributed by atoms with E-state index in [2.05, 4.69) is 23.5 Å². The lowest BCUT2D eigenvalue weighted by molar-refractivity contribution is -0.124. The van der Waals surface area contributed by atoms with Crippen LogP contribution in [0.5, 0.6) is 0 Å². The van der Waals surface area contributed by atoms with E-state index in [4.69, 9.17) is 10.7 Å². The highest BCUT2D eigenvalue weighted by atomic mass is 35.5. The van der Waals surface area contributed by atoms with Crippen molar-refractivity contribution >= 4 is 39.9 Å². The van der Waals surface area contributed by atoms with Gasteiger partial charge in [0.1, 0.15) is 0 Å². The number of fused-ring (bicyclic) bond motifs is 1. The van der Waals surface area contributed by atoms with Crippen LogP contribution in [0.3, 0.4) is 0 Å². The number of aromatic nitrogens is 1. The number of carbonyl (C=O) groups is 1. The second kappa shape index (κ2) is 8.89. The fourth-order valence-electron chi connectivity index (χ4n) is 4.36. The van der Waals surface area contributed by atoms with Crippen LogP contribution >= 0.6 is 23.7 Å². The van der Waals surface area contributed by atoms with Crippen molar-refractivity contribution in [3.05, 3.63) is 29.3 Å². The first-order valence-electron chi connectivity index (χ1n) is 10.0. The number of hydrogen-bond donors (Lipinski definition) is 2. The molecular formula is C21H30ClN3OS. The number of hydrogen-bond acceptors (Lipinski definition) is 4. The molecule has 27 heavy (non-hydrogen) atoms. The SMILES string of the molecule is Cl.NC(CNC(=O)CC1(Cc2nc3ccccc3s2)CCCCC1)C1CC1. The van der Waals surface area contributed by atoms with E-state index in [0.29, 0.717) is 18.9 Å². The minimum atomic E-state index is 0. The van der Waals surface area contributed by atoms with Gasteiger partial charge in [-0.3, -0.25) is 4.79 Å². The molecule has 1 amide bonds. The van der Waals surface area contributed by atoms with E-state index in [0.717, 1.165) is 24.8 Å². The molecular weight excluding hydrogens is 378 g/mol. The highest BCUT2D eigenvalue weighted by molar-refractivity contribution is 7.18. The van der Waals surface area contributed by atoms with Crippen molar-refractivity contribution in [2.75, 3.05) is 6.54 Å². The number of nitrogens with two attached hydrogens (primary N) is 1. The molecule has 1 aromatic carbocycles. The lowest BCUT2D eigenvalue weighted by Crippen LogP contribution is -2.41. The summed E-state index contributed by atoms with van der Waals surface area (Å²) >= 11 is 1.78. The predicted octanol–water partition coefficient (Wildman–Crippen LogP) is 4.45. The summed E-state index contributed by atoms with van der Waals surface area (Å²) in [4.78, 5) is 17.5. The first kappa shape index (κ1) is 20.6. The summed E-state index contributed by atoms with van der Waals surface area (Å²) < 4.78 is 1.24. The van der Waals surface area contributed by atoms with Crippen LogP contribution in [0, 0.1) is 11.3 Å². The number of rotatable bonds is 7. The van der Waals surface area contributed by atoms with Crippen LogP contribution in [0.2, 0.25) is 0 Å². The predicted molar refractivity (Wildman–Crippen MR) is 114 cm³/mol. The molecule has 0 saturated heterocycles. The fraction of sp³-hybridized carbons (Fsp3) is 0.619. The number of halogens is 1. The van der Waals surface area contributed by atoms with Gasteiger partial charge < -0.3 is 11.1 Å². The van der Waals surface area contributed by atoms with Crippen molar-refractivity contribution in [2.45, 2.75) is 63.8 Å². The van der Waals surface area contributed by atoms with E-state index in [9.17, 15) is 4.79 Å². The molecule has 0 aliphatic heterocycles. The molecule has 6 heteroatoms. The normalized spacial score (nSPS) is 20.0. The molecule has 4 nitrogen and oxygen atoms in total. The summed E-state index contributed by atoms with van der Waals surface area (Å²) in [6.45, 7) is 0.626. The van der Waals surface area contributed by atoms with Crippen molar-refractivity contribution in [2.24, 2.45) is 17.1 Å². The summed E-state index contributed by atoms with van der Waals surface area (Å²) in [6, 6.07) is 8.45. The molecule has 2 aromatic rings. The Morgan fingerprint density at radius 1 is 1.26 bits per heavy atom. The third-order valence-electron chi connectivity index (χ3n) is 6.08. The van der Waals surface area contributed by atoms with Crippen LogP contribution in [-0.2, 0) is 11.2 Å². The van der Waals surface area contributed by atoms with Gasteiger partial charge >= 0.3 is 0 Å². The number of amides is 1. The van der Waals surface area contributed by atoms with Gasteiger partial charge in [0, 0.05) is 25.4 Å². The molecule has 1 heterocycles. The molecule has 4 rings (SSSR count). The molecule has 2 aliphatic carbocycles. The summed E-state index contributed by atoms with van der Waals surface area (Å²) in [5.74, 6) is 0.797. The number of para-hydroxylation sites is 1. The van der Waals surface area contributed by atoms with Crippen molar-refractivity contribution < 1.29 is 4.79 Å². The van der Waals surface area contributed by atoms with Crippen LogP contribution in [0.15, 0.2) is 24.3 Å². The van der Waals surface area contributed by atoms with Crippen LogP contribution in [0.4, 0.5) is 0 Å². The maximum Gasteiger partial charge on any atom is 0.220 e. The highest BCUT2D eigenvalue weighted by Gasteiger charge is 2.36. The van der Waals surface area contributed by atoms with Gasteiger partial charge in [-0.1, -0.05) is 31.4 Å². The minimum Gasteiger partial charge on any atom is -0.355 e. The molecule has 2 fully saturated rings. The smallest absolute Gasteiger partial charge is 0.220 e. The Morgan fingerprint density at radius 2 is 2.00 bits per heavy atom. The molecule has 0 spiro atoms. The highest BCUT2D eigenvalue weighted by Crippen LogP contribution is 2.43. The minimum absolute atomic E-state index is 0. The number of nitrogens with zero attached hydrogens (tertiary/aromatic N) is 1. The Labute approximate surface area is 171 Å². The Morgan fingerprint density at radius 3 is 2.70 bits per heavy atom. The third-order valence-corrected chi connectivity index (χ3v) is 7.11. The standard InChI is InChI=1S/C21H29N3OS.ClH/c22-16(15-8-9-15)14-23-19(25)12-21(10-4-1-5-11-21)13-20-24-17-6-2-3-7-18(17)26-20;/h2-3,6-7,15-16H,1,4-5,8-14,22H2,(H,23,25);1H. The van der Waals surface area contributed by atoms with E-state index in [1.54, 1.807) is 11.3 Å². The second-order valence-electron chi connectivity index (χ2n) is 8.29. The monoisotopic (exact) mass is 407 g/mol. The molecule has 0 radical (unpaired) electrons. The van der Waals surface area contributed by atoms with Crippen molar-refractivity contribution in [1.29, 1.82) is 0 Å². The third kappa shape index (κ3) is 5.21. The number of carbonyl (C=O) groups excluding carboxylic acids is 1. The molecule has 2 saturated carbocycles. The van der Waals surface area contributed by atoms with Gasteiger partial charge in [0.05, 0.1) is 15.2 Å². The van der Waals surface area contributed by atoms with E-state index < -0.39 is 0 Å². The topological polar surface area (TPSA) is 68.0 Å².